The summed E-state index contributed by atoms with van der Waals surface area (Å²) in [6.45, 7) is 0.800. The Hall–Kier alpha value is -1.88. The number of furan rings is 1. The molecular formula is C14H18N4O. The number of hydrogen-bond acceptors (Lipinski definition) is 5. The first-order valence-electron chi connectivity index (χ1n) is 6.65. The molecule has 0 unspecified atom stereocenters. The molecular weight excluding hydrogens is 240 g/mol. The molecule has 2 heterocycles. The van der Waals surface area contributed by atoms with Gasteiger partial charge in [-0.15, -0.1) is 0 Å². The van der Waals surface area contributed by atoms with Crippen molar-refractivity contribution in [2.75, 3.05) is 11.9 Å². The second kappa shape index (κ2) is 5.40. The van der Waals surface area contributed by atoms with Gasteiger partial charge in [-0.1, -0.05) is 0 Å². The summed E-state index contributed by atoms with van der Waals surface area (Å²) in [4.78, 5) is 8.56. The minimum atomic E-state index is 0.343. The van der Waals surface area contributed by atoms with Crippen molar-refractivity contribution in [3.05, 3.63) is 42.2 Å². The molecule has 3 rings (SSSR count). The second-order valence-electron chi connectivity index (χ2n) is 5.01. The third kappa shape index (κ3) is 2.93. The number of anilines is 1. The lowest BCUT2D eigenvalue weighted by Crippen LogP contribution is -2.35. The number of nitrogens with one attached hydrogen (secondary N) is 1. The summed E-state index contributed by atoms with van der Waals surface area (Å²) in [6.07, 6.45) is 6.22. The highest BCUT2D eigenvalue weighted by molar-refractivity contribution is 5.36. The molecule has 100 valence electrons. The quantitative estimate of drug-likeness (QED) is 0.857. The van der Waals surface area contributed by atoms with E-state index in [1.807, 2.05) is 18.2 Å². The predicted molar refractivity (Wildman–Crippen MR) is 72.9 cm³/mol. The number of aromatic nitrogens is 2. The van der Waals surface area contributed by atoms with Gasteiger partial charge < -0.3 is 15.5 Å². The highest BCUT2D eigenvalue weighted by atomic mass is 16.3. The summed E-state index contributed by atoms with van der Waals surface area (Å²) < 4.78 is 5.29. The number of nitrogens with zero attached hydrogens (tertiary/aromatic N) is 2. The number of nitrogens with two attached hydrogens (primary N) is 1. The molecule has 0 spiro atoms. The summed E-state index contributed by atoms with van der Waals surface area (Å²) >= 11 is 0. The van der Waals surface area contributed by atoms with Crippen LogP contribution in [-0.4, -0.2) is 22.6 Å². The molecule has 0 amide bonds. The van der Waals surface area contributed by atoms with Crippen LogP contribution in [0, 0.1) is 0 Å². The molecule has 0 saturated heterocycles. The molecule has 5 nitrogen and oxygen atoms in total. The lowest BCUT2D eigenvalue weighted by molar-refractivity contribution is 0.345. The van der Waals surface area contributed by atoms with Gasteiger partial charge in [0.05, 0.1) is 6.26 Å². The third-order valence-electron chi connectivity index (χ3n) is 3.54. The van der Waals surface area contributed by atoms with E-state index in [1.165, 1.54) is 0 Å². The Morgan fingerprint density at radius 3 is 3.00 bits per heavy atom. The molecule has 2 aromatic heterocycles. The van der Waals surface area contributed by atoms with E-state index < -0.39 is 0 Å². The van der Waals surface area contributed by atoms with Crippen LogP contribution in [0.25, 0.3) is 0 Å². The fraction of sp³-hybridized carbons (Fsp3) is 0.429. The van der Waals surface area contributed by atoms with Crippen LogP contribution in [0.4, 0.5) is 5.82 Å². The van der Waals surface area contributed by atoms with Crippen molar-refractivity contribution in [3.8, 4) is 0 Å². The van der Waals surface area contributed by atoms with Gasteiger partial charge in [-0.3, -0.25) is 0 Å². The Kier molecular flexibility index (Phi) is 3.46. The third-order valence-corrected chi connectivity index (χ3v) is 3.54. The van der Waals surface area contributed by atoms with Gasteiger partial charge in [0, 0.05) is 36.7 Å². The maximum Gasteiger partial charge on any atom is 0.129 e. The van der Waals surface area contributed by atoms with E-state index in [-0.39, 0.29) is 0 Å². The molecule has 1 aliphatic rings. The highest BCUT2D eigenvalue weighted by Crippen LogP contribution is 2.34. The van der Waals surface area contributed by atoms with Gasteiger partial charge in [0.25, 0.3) is 0 Å². The van der Waals surface area contributed by atoms with Gasteiger partial charge in [-0.2, -0.15) is 0 Å². The molecule has 2 aromatic rings. The molecule has 0 bridgehead atoms. The van der Waals surface area contributed by atoms with Crippen LogP contribution in [0.5, 0.6) is 0 Å². The van der Waals surface area contributed by atoms with Crippen LogP contribution < -0.4 is 11.1 Å². The molecule has 1 fully saturated rings. The van der Waals surface area contributed by atoms with Crippen LogP contribution in [0.1, 0.15) is 30.2 Å². The first-order chi connectivity index (χ1) is 9.31. The van der Waals surface area contributed by atoms with Crippen LogP contribution in [-0.2, 0) is 6.42 Å². The smallest absolute Gasteiger partial charge is 0.129 e. The Morgan fingerprint density at radius 1 is 1.37 bits per heavy atom. The fourth-order valence-corrected chi connectivity index (χ4v) is 2.36. The van der Waals surface area contributed by atoms with E-state index in [1.54, 1.807) is 12.6 Å². The summed E-state index contributed by atoms with van der Waals surface area (Å²) in [5.74, 6) is 2.35. The number of hydrogen-bond donors (Lipinski definition) is 2. The first-order valence-corrected chi connectivity index (χ1v) is 6.65. The molecule has 0 aliphatic heterocycles. The predicted octanol–water partition coefficient (Wildman–Crippen LogP) is 1.93. The molecule has 5 heteroatoms. The van der Waals surface area contributed by atoms with Crippen molar-refractivity contribution in [2.24, 2.45) is 5.73 Å². The molecule has 0 atom stereocenters. The Balaban J connectivity index is 1.54. The van der Waals surface area contributed by atoms with E-state index in [9.17, 15) is 0 Å². The molecule has 0 aromatic carbocycles. The molecule has 1 saturated carbocycles. The van der Waals surface area contributed by atoms with Crippen molar-refractivity contribution in [1.82, 2.24) is 9.97 Å². The zero-order chi connectivity index (χ0) is 13.1. The zero-order valence-electron chi connectivity index (χ0n) is 10.7. The Bertz CT molecular complexity index is 520. The monoisotopic (exact) mass is 258 g/mol. The van der Waals surface area contributed by atoms with E-state index in [4.69, 9.17) is 10.2 Å². The largest absolute Gasteiger partial charge is 0.469 e. The van der Waals surface area contributed by atoms with E-state index in [2.05, 4.69) is 15.3 Å². The molecule has 1 aliphatic carbocycles. The van der Waals surface area contributed by atoms with Gasteiger partial charge in [0.2, 0.25) is 0 Å². The van der Waals surface area contributed by atoms with Crippen molar-refractivity contribution in [1.29, 1.82) is 0 Å². The Labute approximate surface area is 112 Å². The van der Waals surface area contributed by atoms with Gasteiger partial charge in [0.1, 0.15) is 17.9 Å². The summed E-state index contributed by atoms with van der Waals surface area (Å²) in [5, 5.41) is 3.30. The van der Waals surface area contributed by atoms with Crippen LogP contribution in [0.3, 0.4) is 0 Å². The minimum absolute atomic E-state index is 0.343. The zero-order valence-corrected chi connectivity index (χ0v) is 10.7. The lowest BCUT2D eigenvalue weighted by atomic mass is 9.79. The SMILES string of the molecule is NC1CC(c2cc(NCCc3ccco3)ncn2)C1. The van der Waals surface area contributed by atoms with Crippen LogP contribution in [0.15, 0.2) is 35.2 Å². The van der Waals surface area contributed by atoms with Crippen LogP contribution >= 0.6 is 0 Å². The first kappa shape index (κ1) is 12.2. The maximum absolute atomic E-state index is 5.81. The normalized spacial score (nSPS) is 21.9. The minimum Gasteiger partial charge on any atom is -0.469 e. The standard InChI is InChI=1S/C14H18N4O/c15-11-6-10(7-11)13-8-14(18-9-17-13)16-4-3-12-2-1-5-19-12/h1-2,5,8-11H,3-4,6-7,15H2,(H,16,17,18). The topological polar surface area (TPSA) is 77.0 Å². The highest BCUT2D eigenvalue weighted by Gasteiger charge is 2.28. The lowest BCUT2D eigenvalue weighted by Gasteiger charge is -2.31. The van der Waals surface area contributed by atoms with Crippen LogP contribution in [0.2, 0.25) is 0 Å². The van der Waals surface area contributed by atoms with Crippen molar-refractivity contribution >= 4 is 5.82 Å². The number of rotatable bonds is 5. The van der Waals surface area contributed by atoms with Crippen molar-refractivity contribution < 1.29 is 4.42 Å². The van der Waals surface area contributed by atoms with Gasteiger partial charge in [-0.05, 0) is 25.0 Å². The maximum atomic E-state index is 5.81. The van der Waals surface area contributed by atoms with E-state index in [0.29, 0.717) is 12.0 Å². The fourth-order valence-electron chi connectivity index (χ4n) is 2.36. The van der Waals surface area contributed by atoms with E-state index >= 15 is 0 Å². The summed E-state index contributed by atoms with van der Waals surface area (Å²) in [6, 6.07) is 6.25. The average Bonchev–Trinajstić information content (AvgIpc) is 2.89. The van der Waals surface area contributed by atoms with Gasteiger partial charge in [0.15, 0.2) is 0 Å². The average molecular weight is 258 g/mol. The summed E-state index contributed by atoms with van der Waals surface area (Å²) in [7, 11) is 0. The molecule has 0 radical (unpaired) electrons. The van der Waals surface area contributed by atoms with Gasteiger partial charge in [-0.25, -0.2) is 9.97 Å². The van der Waals surface area contributed by atoms with Gasteiger partial charge >= 0.3 is 0 Å². The van der Waals surface area contributed by atoms with E-state index in [0.717, 1.165) is 43.1 Å². The second-order valence-corrected chi connectivity index (χ2v) is 5.01. The molecule has 3 N–H and O–H groups in total. The van der Waals surface area contributed by atoms with Crippen molar-refractivity contribution in [2.45, 2.75) is 31.2 Å². The summed E-state index contributed by atoms with van der Waals surface area (Å²) in [5.41, 5.74) is 6.90. The van der Waals surface area contributed by atoms with Crippen molar-refractivity contribution in [3.63, 3.8) is 0 Å². The Morgan fingerprint density at radius 2 is 2.26 bits per heavy atom. The molecule has 19 heavy (non-hydrogen) atoms.